The van der Waals surface area contributed by atoms with Crippen LogP contribution < -0.4 is 0 Å². The third kappa shape index (κ3) is 6.23. The molecule has 0 amide bonds. The summed E-state index contributed by atoms with van der Waals surface area (Å²) in [6.07, 6.45) is 1.33. The van der Waals surface area contributed by atoms with Gasteiger partial charge in [0.1, 0.15) is 0 Å². The Hall–Kier alpha value is 0.130. The zero-order valence-electron chi connectivity index (χ0n) is 6.92. The molecule has 0 aliphatic heterocycles. The first-order valence-electron chi connectivity index (χ1n) is 3.28. The Morgan fingerprint density at radius 3 is 2.15 bits per heavy atom. The summed E-state index contributed by atoms with van der Waals surface area (Å²) in [5, 5.41) is 0.752. The predicted molar refractivity (Wildman–Crippen MR) is 52.8 cm³/mol. The molecule has 1 aromatic carbocycles. The molecule has 3 nitrogen and oxygen atoms in total. The van der Waals surface area contributed by atoms with Gasteiger partial charge in [-0.15, -0.1) is 0 Å². The molecule has 1 rings (SSSR count). The van der Waals surface area contributed by atoms with E-state index >= 15 is 0 Å². The van der Waals surface area contributed by atoms with Gasteiger partial charge in [0.05, 0.1) is 5.41 Å². The molecule has 5 heteroatoms. The zero-order chi connectivity index (χ0) is 9.03. The Kier molecular flexibility index (Phi) is 5.83. The molecule has 0 heterocycles. The van der Waals surface area contributed by atoms with E-state index in [1.165, 1.54) is 6.08 Å². The van der Waals surface area contributed by atoms with Crippen LogP contribution in [0.3, 0.4) is 0 Å². The summed E-state index contributed by atoms with van der Waals surface area (Å²) >= 11 is 0. The third-order valence-corrected chi connectivity index (χ3v) is 1.71. The number of benzene rings is 1. The topological polar surface area (TPSA) is 54.4 Å². The molecule has 13 heavy (non-hydrogen) atoms. The molecular formula is C8H8CaO3S. The molecule has 0 aliphatic carbocycles. The van der Waals surface area contributed by atoms with Gasteiger partial charge in [-0.1, -0.05) is 30.3 Å². The smallest absolute Gasteiger partial charge is 0.282 e. The van der Waals surface area contributed by atoms with Crippen molar-refractivity contribution in [3.63, 3.8) is 0 Å². The standard InChI is InChI=1S/C8H8O3S.Ca/c9-12(10,11)7-6-8-4-2-1-3-5-8;/h1-7H,(H,9,10,11);. The van der Waals surface area contributed by atoms with Crippen LogP contribution in [0.2, 0.25) is 0 Å². The minimum Gasteiger partial charge on any atom is -0.282 e. The van der Waals surface area contributed by atoms with Crippen LogP contribution in [0, 0.1) is 0 Å². The molecule has 0 saturated heterocycles. The van der Waals surface area contributed by atoms with Crippen LogP contribution in [0.4, 0.5) is 0 Å². The van der Waals surface area contributed by atoms with Crippen molar-refractivity contribution in [2.24, 2.45) is 0 Å². The van der Waals surface area contributed by atoms with Crippen LogP contribution in [0.5, 0.6) is 0 Å². The van der Waals surface area contributed by atoms with Gasteiger partial charge in [0, 0.05) is 37.7 Å². The SMILES string of the molecule is O=S(=O)(O)C=Cc1ccccc1.[Ca]. The summed E-state index contributed by atoms with van der Waals surface area (Å²) in [5.74, 6) is 0. The van der Waals surface area contributed by atoms with E-state index in [2.05, 4.69) is 0 Å². The van der Waals surface area contributed by atoms with Crippen molar-refractivity contribution < 1.29 is 13.0 Å². The summed E-state index contributed by atoms with van der Waals surface area (Å²) < 4.78 is 28.9. The second-order valence-corrected chi connectivity index (χ2v) is 3.53. The van der Waals surface area contributed by atoms with Crippen LogP contribution in [0.25, 0.3) is 6.08 Å². The number of hydrogen-bond acceptors (Lipinski definition) is 2. The van der Waals surface area contributed by atoms with Crippen molar-refractivity contribution >= 4 is 53.9 Å². The van der Waals surface area contributed by atoms with Crippen molar-refractivity contribution in [1.82, 2.24) is 0 Å². The van der Waals surface area contributed by atoms with Gasteiger partial charge < -0.3 is 0 Å². The molecule has 2 radical (unpaired) electrons. The molecule has 0 spiro atoms. The first-order valence-corrected chi connectivity index (χ1v) is 4.79. The van der Waals surface area contributed by atoms with Gasteiger partial charge in [0.15, 0.2) is 0 Å². The Balaban J connectivity index is 0.00000144. The van der Waals surface area contributed by atoms with Crippen molar-refractivity contribution in [1.29, 1.82) is 0 Å². The van der Waals surface area contributed by atoms with Gasteiger partial charge in [-0.25, -0.2) is 0 Å². The Morgan fingerprint density at radius 1 is 1.15 bits per heavy atom. The summed E-state index contributed by atoms with van der Waals surface area (Å²) in [6.45, 7) is 0. The minimum absolute atomic E-state index is 0. The first kappa shape index (κ1) is 13.1. The molecule has 0 atom stereocenters. The largest absolute Gasteiger partial charge is 0.287 e. The first-order chi connectivity index (χ1) is 5.58. The summed E-state index contributed by atoms with van der Waals surface area (Å²) in [7, 11) is -4.00. The van der Waals surface area contributed by atoms with E-state index in [4.69, 9.17) is 4.55 Å². The van der Waals surface area contributed by atoms with Crippen molar-refractivity contribution in [2.45, 2.75) is 0 Å². The maximum absolute atomic E-state index is 10.3. The van der Waals surface area contributed by atoms with E-state index in [1.807, 2.05) is 6.07 Å². The van der Waals surface area contributed by atoms with Crippen LogP contribution in [0.1, 0.15) is 5.56 Å². The van der Waals surface area contributed by atoms with E-state index in [0.29, 0.717) is 0 Å². The van der Waals surface area contributed by atoms with Gasteiger partial charge in [0.25, 0.3) is 10.1 Å². The summed E-state index contributed by atoms with van der Waals surface area (Å²) in [5.41, 5.74) is 0.732. The van der Waals surface area contributed by atoms with Crippen LogP contribution in [-0.4, -0.2) is 50.7 Å². The molecule has 66 valence electrons. The van der Waals surface area contributed by atoms with Crippen LogP contribution in [0.15, 0.2) is 35.7 Å². The molecule has 0 fully saturated rings. The van der Waals surface area contributed by atoms with E-state index in [0.717, 1.165) is 11.0 Å². The van der Waals surface area contributed by atoms with Crippen LogP contribution >= 0.6 is 0 Å². The van der Waals surface area contributed by atoms with Gasteiger partial charge in [-0.3, -0.25) is 4.55 Å². The fraction of sp³-hybridized carbons (Fsp3) is 0. The molecule has 0 aromatic heterocycles. The normalized spacial score (nSPS) is 11.2. The summed E-state index contributed by atoms with van der Waals surface area (Å²) in [6, 6.07) is 8.86. The quantitative estimate of drug-likeness (QED) is 0.606. The fourth-order valence-electron chi connectivity index (χ4n) is 0.729. The third-order valence-electron chi connectivity index (χ3n) is 1.23. The second kappa shape index (κ2) is 5.78. The molecule has 1 aromatic rings. The van der Waals surface area contributed by atoms with Crippen LogP contribution in [-0.2, 0) is 10.1 Å². The van der Waals surface area contributed by atoms with Crippen molar-refractivity contribution in [3.8, 4) is 0 Å². The molecular weight excluding hydrogens is 216 g/mol. The average Bonchev–Trinajstić information content (AvgIpc) is 2.02. The van der Waals surface area contributed by atoms with E-state index in [9.17, 15) is 8.42 Å². The van der Waals surface area contributed by atoms with Gasteiger partial charge in [-0.2, -0.15) is 8.42 Å². The van der Waals surface area contributed by atoms with Gasteiger partial charge >= 0.3 is 0 Å². The zero-order valence-corrected chi connectivity index (χ0v) is 9.95. The molecule has 0 aliphatic rings. The Morgan fingerprint density at radius 2 is 1.69 bits per heavy atom. The summed E-state index contributed by atoms with van der Waals surface area (Å²) in [4.78, 5) is 0. The number of rotatable bonds is 2. The minimum atomic E-state index is -4.00. The van der Waals surface area contributed by atoms with E-state index in [1.54, 1.807) is 24.3 Å². The molecule has 0 bridgehead atoms. The van der Waals surface area contributed by atoms with Gasteiger partial charge in [-0.05, 0) is 11.6 Å². The van der Waals surface area contributed by atoms with E-state index < -0.39 is 10.1 Å². The van der Waals surface area contributed by atoms with Crippen molar-refractivity contribution in [2.75, 3.05) is 0 Å². The van der Waals surface area contributed by atoms with Crippen molar-refractivity contribution in [3.05, 3.63) is 41.3 Å². The average molecular weight is 224 g/mol. The predicted octanol–water partition coefficient (Wildman–Crippen LogP) is 1.16. The Bertz CT molecular complexity index is 370. The number of hydrogen-bond donors (Lipinski definition) is 1. The van der Waals surface area contributed by atoms with E-state index in [-0.39, 0.29) is 37.7 Å². The fourth-order valence-corrected chi connectivity index (χ4v) is 1.06. The second-order valence-electron chi connectivity index (χ2n) is 2.23. The molecule has 0 unspecified atom stereocenters. The maximum Gasteiger partial charge on any atom is 0.287 e. The molecule has 0 saturated carbocycles. The molecule has 1 N–H and O–H groups in total. The van der Waals surface area contributed by atoms with Gasteiger partial charge in [0.2, 0.25) is 0 Å². The monoisotopic (exact) mass is 224 g/mol. The Labute approximate surface area is 107 Å². The maximum atomic E-state index is 10.3.